The van der Waals surface area contributed by atoms with E-state index in [0.29, 0.717) is 6.54 Å². The fourth-order valence-corrected chi connectivity index (χ4v) is 4.06. The Labute approximate surface area is 182 Å². The highest BCUT2D eigenvalue weighted by atomic mass is 35.5. The van der Waals surface area contributed by atoms with Crippen LogP contribution in [-0.4, -0.2) is 29.4 Å². The van der Waals surface area contributed by atoms with Crippen molar-refractivity contribution in [3.8, 4) is 11.1 Å². The van der Waals surface area contributed by atoms with E-state index in [4.69, 9.17) is 0 Å². The van der Waals surface area contributed by atoms with Gasteiger partial charge in [0.25, 0.3) is 0 Å². The molecule has 5 heteroatoms. The maximum Gasteiger partial charge on any atom is 0.123 e. The number of aryl methyl sites for hydroxylation is 1. The van der Waals surface area contributed by atoms with Crippen LogP contribution in [0.3, 0.4) is 0 Å². The van der Waals surface area contributed by atoms with Gasteiger partial charge < -0.3 is 15.0 Å². The van der Waals surface area contributed by atoms with Crippen molar-refractivity contribution in [1.29, 1.82) is 0 Å². The number of rotatable bonds is 6. The van der Waals surface area contributed by atoms with Crippen LogP contribution < -0.4 is 5.32 Å². The van der Waals surface area contributed by atoms with Crippen molar-refractivity contribution >= 4 is 23.3 Å². The van der Waals surface area contributed by atoms with Crippen LogP contribution in [0.1, 0.15) is 17.2 Å². The third-order valence-electron chi connectivity index (χ3n) is 5.34. The molecular weight excluding hydrogens is 399 g/mol. The second kappa shape index (κ2) is 9.43. The molecule has 0 spiro atoms. The van der Waals surface area contributed by atoms with Crippen molar-refractivity contribution < 1.29 is 9.50 Å². The van der Waals surface area contributed by atoms with E-state index in [1.807, 2.05) is 24.3 Å². The molecule has 0 aliphatic rings. The Balaban J connectivity index is 0.00000256. The minimum Gasteiger partial charge on any atom is -0.389 e. The number of hydrogen-bond acceptors (Lipinski definition) is 2. The lowest BCUT2D eigenvalue weighted by atomic mass is 10.0. The molecule has 2 N–H and O–H groups in total. The standard InChI is InChI=1S/C25H25FN2O.ClH/c1-17-7-5-8-18(13-17)22-16-28(23-12-4-3-11-21(22)23)25(24(29)15-27-2)19-9-6-10-20(26)14-19;/h3-14,16,24-25,27,29H,15H2,1-2H3;1H/t24-,25+;/m1./s1. The topological polar surface area (TPSA) is 37.2 Å². The maximum atomic E-state index is 14.0. The van der Waals surface area contributed by atoms with Crippen molar-refractivity contribution in [1.82, 2.24) is 9.88 Å². The molecule has 2 atom stereocenters. The fourth-order valence-electron chi connectivity index (χ4n) is 4.06. The number of likely N-dealkylation sites (N-methyl/N-ethyl adjacent to an activating group) is 1. The lowest BCUT2D eigenvalue weighted by Gasteiger charge is -2.26. The van der Waals surface area contributed by atoms with Gasteiger partial charge in [0.1, 0.15) is 5.82 Å². The molecule has 0 saturated carbocycles. The zero-order valence-electron chi connectivity index (χ0n) is 17.0. The van der Waals surface area contributed by atoms with Gasteiger partial charge in [0.15, 0.2) is 0 Å². The van der Waals surface area contributed by atoms with Gasteiger partial charge in [0.05, 0.1) is 12.1 Å². The van der Waals surface area contributed by atoms with Gasteiger partial charge >= 0.3 is 0 Å². The Morgan fingerprint density at radius 3 is 2.50 bits per heavy atom. The van der Waals surface area contributed by atoms with E-state index in [2.05, 4.69) is 53.3 Å². The molecule has 3 nitrogen and oxygen atoms in total. The van der Waals surface area contributed by atoms with E-state index in [0.717, 1.165) is 27.6 Å². The summed E-state index contributed by atoms with van der Waals surface area (Å²) in [7, 11) is 1.80. The zero-order valence-corrected chi connectivity index (χ0v) is 17.9. The average Bonchev–Trinajstić information content (AvgIpc) is 3.08. The number of fused-ring (bicyclic) bond motifs is 1. The normalized spacial score (nSPS) is 13.1. The average molecular weight is 425 g/mol. The number of aromatic nitrogens is 1. The Hall–Kier alpha value is -2.66. The summed E-state index contributed by atoms with van der Waals surface area (Å²) in [4.78, 5) is 0. The van der Waals surface area contributed by atoms with Crippen LogP contribution >= 0.6 is 12.4 Å². The molecular formula is C25H26ClFN2O. The molecule has 0 saturated heterocycles. The highest BCUT2D eigenvalue weighted by Gasteiger charge is 2.25. The van der Waals surface area contributed by atoms with Crippen LogP contribution in [0.4, 0.5) is 4.39 Å². The molecule has 0 radical (unpaired) electrons. The minimum atomic E-state index is -0.719. The van der Waals surface area contributed by atoms with Crippen LogP contribution in [0.5, 0.6) is 0 Å². The summed E-state index contributed by atoms with van der Waals surface area (Å²) < 4.78 is 16.1. The van der Waals surface area contributed by atoms with E-state index >= 15 is 0 Å². The summed E-state index contributed by atoms with van der Waals surface area (Å²) >= 11 is 0. The van der Waals surface area contributed by atoms with Gasteiger partial charge in [-0.15, -0.1) is 12.4 Å². The molecule has 156 valence electrons. The Morgan fingerprint density at radius 2 is 1.77 bits per heavy atom. The van der Waals surface area contributed by atoms with E-state index in [-0.39, 0.29) is 18.2 Å². The van der Waals surface area contributed by atoms with Crippen molar-refractivity contribution in [2.24, 2.45) is 0 Å². The first-order valence-electron chi connectivity index (χ1n) is 9.83. The lowest BCUT2D eigenvalue weighted by molar-refractivity contribution is 0.132. The minimum absolute atomic E-state index is 0. The largest absolute Gasteiger partial charge is 0.389 e. The lowest BCUT2D eigenvalue weighted by Crippen LogP contribution is -2.33. The summed E-state index contributed by atoms with van der Waals surface area (Å²) in [6.07, 6.45) is 1.36. The predicted molar refractivity (Wildman–Crippen MR) is 124 cm³/mol. The number of aliphatic hydroxyl groups is 1. The SMILES string of the molecule is CNC[C@@H](O)[C@H](c1cccc(F)c1)n1cc(-c2cccc(C)c2)c2ccccc21.Cl. The molecule has 0 fully saturated rings. The first kappa shape index (κ1) is 22.0. The van der Waals surface area contributed by atoms with Crippen molar-refractivity contribution in [2.45, 2.75) is 19.1 Å². The van der Waals surface area contributed by atoms with Gasteiger partial charge in [-0.2, -0.15) is 0 Å². The second-order valence-corrected chi connectivity index (χ2v) is 7.46. The van der Waals surface area contributed by atoms with Crippen LogP contribution in [0.2, 0.25) is 0 Å². The predicted octanol–water partition coefficient (Wildman–Crippen LogP) is 5.35. The van der Waals surface area contributed by atoms with E-state index in [9.17, 15) is 9.50 Å². The first-order chi connectivity index (χ1) is 14.1. The number of benzene rings is 3. The molecule has 0 unspecified atom stereocenters. The summed E-state index contributed by atoms with van der Waals surface area (Å²) in [5.41, 5.74) is 5.16. The summed E-state index contributed by atoms with van der Waals surface area (Å²) in [6.45, 7) is 2.47. The van der Waals surface area contributed by atoms with Gasteiger partial charge in [-0.05, 0) is 43.3 Å². The van der Waals surface area contributed by atoms with E-state index < -0.39 is 12.1 Å². The molecule has 4 rings (SSSR count). The third kappa shape index (κ3) is 4.26. The number of aliphatic hydroxyl groups excluding tert-OH is 1. The van der Waals surface area contributed by atoms with Gasteiger partial charge in [-0.25, -0.2) is 4.39 Å². The van der Waals surface area contributed by atoms with Crippen LogP contribution in [0.25, 0.3) is 22.0 Å². The highest BCUT2D eigenvalue weighted by molar-refractivity contribution is 5.96. The van der Waals surface area contributed by atoms with Crippen molar-refractivity contribution in [3.05, 3.63) is 95.9 Å². The van der Waals surface area contributed by atoms with Crippen molar-refractivity contribution in [2.75, 3.05) is 13.6 Å². The second-order valence-electron chi connectivity index (χ2n) is 7.46. The molecule has 0 amide bonds. The summed E-state index contributed by atoms with van der Waals surface area (Å²) in [6, 6.07) is 22.6. The maximum absolute atomic E-state index is 14.0. The Morgan fingerprint density at radius 1 is 1.00 bits per heavy atom. The molecule has 30 heavy (non-hydrogen) atoms. The highest BCUT2D eigenvalue weighted by Crippen LogP contribution is 2.35. The monoisotopic (exact) mass is 424 g/mol. The van der Waals surface area contributed by atoms with Crippen LogP contribution in [0, 0.1) is 12.7 Å². The Bertz CT molecular complexity index is 1140. The number of halogens is 2. The van der Waals surface area contributed by atoms with Crippen molar-refractivity contribution in [3.63, 3.8) is 0 Å². The molecule has 1 heterocycles. The van der Waals surface area contributed by atoms with E-state index in [1.54, 1.807) is 13.1 Å². The molecule has 0 aliphatic carbocycles. The summed E-state index contributed by atoms with van der Waals surface area (Å²) in [5, 5.41) is 15.1. The molecule has 4 aromatic rings. The zero-order chi connectivity index (χ0) is 20.4. The number of nitrogens with zero attached hydrogens (tertiary/aromatic N) is 1. The van der Waals surface area contributed by atoms with Crippen LogP contribution in [0.15, 0.2) is 79.0 Å². The van der Waals surface area contributed by atoms with Gasteiger partial charge in [-0.3, -0.25) is 0 Å². The number of nitrogens with one attached hydrogen (secondary N) is 1. The molecule has 1 aromatic heterocycles. The van der Waals surface area contributed by atoms with E-state index in [1.165, 1.54) is 17.7 Å². The molecule has 0 bridgehead atoms. The van der Waals surface area contributed by atoms with Crippen LogP contribution in [-0.2, 0) is 0 Å². The third-order valence-corrected chi connectivity index (χ3v) is 5.34. The number of para-hydroxylation sites is 1. The van der Waals surface area contributed by atoms with Gasteiger partial charge in [-0.1, -0.05) is 60.2 Å². The first-order valence-corrected chi connectivity index (χ1v) is 9.83. The van der Waals surface area contributed by atoms with Gasteiger partial charge in [0, 0.05) is 29.2 Å². The molecule has 3 aromatic carbocycles. The number of hydrogen-bond donors (Lipinski definition) is 2. The Kier molecular flexibility index (Phi) is 6.93. The van der Waals surface area contributed by atoms with Gasteiger partial charge in [0.2, 0.25) is 0 Å². The summed E-state index contributed by atoms with van der Waals surface area (Å²) in [5.74, 6) is -0.306. The smallest absolute Gasteiger partial charge is 0.123 e. The molecule has 0 aliphatic heterocycles. The quantitative estimate of drug-likeness (QED) is 0.438. The fraction of sp³-hybridized carbons (Fsp3) is 0.200.